The van der Waals surface area contributed by atoms with Crippen LogP contribution in [0, 0.1) is 0 Å². The molecule has 3 aromatic carbocycles. The minimum Gasteiger partial charge on any atom is -0.393 e. The molecule has 5 rings (SSSR count). The van der Waals surface area contributed by atoms with Crippen LogP contribution in [0.4, 0.5) is 5.82 Å². The third-order valence-corrected chi connectivity index (χ3v) is 4.95. The summed E-state index contributed by atoms with van der Waals surface area (Å²) in [5, 5.41) is 6.84. The monoisotopic (exact) mass is 381 g/mol. The van der Waals surface area contributed by atoms with Crippen molar-refractivity contribution in [2.24, 2.45) is 11.5 Å². The van der Waals surface area contributed by atoms with E-state index in [4.69, 9.17) is 17.2 Å². The zero-order chi connectivity index (χ0) is 20.0. The third-order valence-electron chi connectivity index (χ3n) is 4.95. The van der Waals surface area contributed by atoms with Gasteiger partial charge in [-0.15, -0.1) is 0 Å². The Hall–Kier alpha value is -4.26. The number of imidazole rings is 1. The summed E-state index contributed by atoms with van der Waals surface area (Å²) in [6, 6.07) is 23.7. The number of rotatable bonds is 3. The number of aromatic amines is 1. The van der Waals surface area contributed by atoms with E-state index in [9.17, 15) is 0 Å². The maximum absolute atomic E-state index is 6.31. The molecule has 7 heteroatoms. The van der Waals surface area contributed by atoms with E-state index in [0.717, 1.165) is 33.1 Å². The number of nitrogens with one attached hydrogen (secondary N) is 1. The van der Waals surface area contributed by atoms with Gasteiger partial charge in [0, 0.05) is 11.6 Å². The molecule has 0 aliphatic heterocycles. The smallest absolute Gasteiger partial charge is 0.158 e. The summed E-state index contributed by atoms with van der Waals surface area (Å²) >= 11 is 0. The molecule has 0 radical (unpaired) electrons. The summed E-state index contributed by atoms with van der Waals surface area (Å²) in [4.78, 5) is 7.67. The molecule has 7 N–H and O–H groups in total. The Morgan fingerprint density at radius 3 is 2.52 bits per heavy atom. The Morgan fingerprint density at radius 2 is 1.66 bits per heavy atom. The van der Waals surface area contributed by atoms with Crippen molar-refractivity contribution in [3.05, 3.63) is 78.6 Å². The number of hydrogen-bond acceptors (Lipinski definition) is 5. The molecule has 142 valence electrons. The van der Waals surface area contributed by atoms with E-state index in [0.29, 0.717) is 11.6 Å². The topological polar surface area (TPSA) is 125 Å². The van der Waals surface area contributed by atoms with Gasteiger partial charge in [0.1, 0.15) is 11.5 Å². The number of H-pyrrole nitrogens is 1. The van der Waals surface area contributed by atoms with E-state index in [1.54, 1.807) is 6.07 Å². The maximum atomic E-state index is 6.31. The van der Waals surface area contributed by atoms with Gasteiger partial charge in [-0.3, -0.25) is 0 Å². The van der Waals surface area contributed by atoms with E-state index >= 15 is 0 Å². The first kappa shape index (κ1) is 16.9. The Kier molecular flexibility index (Phi) is 3.74. The highest BCUT2D eigenvalue weighted by atomic mass is 15.4. The van der Waals surface area contributed by atoms with E-state index in [1.165, 1.54) is 4.68 Å². The normalized spacial score (nSPS) is 12.4. The van der Waals surface area contributed by atoms with Crippen LogP contribution in [-0.2, 0) is 0 Å². The predicted octanol–water partition coefficient (Wildman–Crippen LogP) is 3.36. The molecular weight excluding hydrogens is 362 g/mol. The Morgan fingerprint density at radius 1 is 0.897 bits per heavy atom. The molecule has 5 aromatic rings. The van der Waals surface area contributed by atoms with Crippen molar-refractivity contribution in [3.8, 4) is 11.3 Å². The molecule has 0 aliphatic carbocycles. The molecule has 7 nitrogen and oxygen atoms in total. The van der Waals surface area contributed by atoms with Crippen molar-refractivity contribution in [2.45, 2.75) is 0 Å². The van der Waals surface area contributed by atoms with Gasteiger partial charge >= 0.3 is 0 Å². The zero-order valence-corrected chi connectivity index (χ0v) is 15.5. The van der Waals surface area contributed by atoms with Gasteiger partial charge in [0.05, 0.1) is 16.7 Å². The van der Waals surface area contributed by atoms with Crippen LogP contribution in [0.5, 0.6) is 0 Å². The fourth-order valence-electron chi connectivity index (χ4n) is 3.48. The van der Waals surface area contributed by atoms with Crippen LogP contribution in [-0.4, -0.2) is 19.7 Å². The highest BCUT2D eigenvalue weighted by molar-refractivity contribution is 5.96. The quantitative estimate of drug-likeness (QED) is 0.381. The average molecular weight is 381 g/mol. The van der Waals surface area contributed by atoms with Gasteiger partial charge in [-0.1, -0.05) is 54.6 Å². The number of nitrogens with two attached hydrogens (primary N) is 3. The lowest BCUT2D eigenvalue weighted by Crippen LogP contribution is -2.17. The molecule has 2 aromatic heterocycles. The SMILES string of the molecule is N/C(=C(/N)n1nc(-c2cccc3ccccc23)cc1N)c1nc2ccccc2[nH]1. The molecule has 0 atom stereocenters. The molecule has 0 unspecified atom stereocenters. The number of fused-ring (bicyclic) bond motifs is 2. The van der Waals surface area contributed by atoms with Crippen molar-refractivity contribution in [1.82, 2.24) is 19.7 Å². The number of hydrogen-bond donors (Lipinski definition) is 4. The number of benzene rings is 3. The average Bonchev–Trinajstić information content (AvgIpc) is 3.36. The summed E-state index contributed by atoms with van der Waals surface area (Å²) in [5.41, 5.74) is 22.5. The molecule has 2 heterocycles. The van der Waals surface area contributed by atoms with Crippen LogP contribution in [0.25, 0.3) is 44.6 Å². The minimum atomic E-state index is 0.216. The molecule has 0 aliphatic rings. The number of para-hydroxylation sites is 2. The molecule has 29 heavy (non-hydrogen) atoms. The number of anilines is 1. The van der Waals surface area contributed by atoms with E-state index in [2.05, 4.69) is 33.3 Å². The standard InChI is InChI=1S/C22H19N7/c23-19-12-18(15-9-5-7-13-6-1-2-8-14(13)15)28-29(19)21(25)20(24)22-26-16-10-3-4-11-17(16)27-22/h1-12H,23-25H2,(H,26,27)/b21-20-. The second-order valence-electron chi connectivity index (χ2n) is 6.79. The van der Waals surface area contributed by atoms with Crippen molar-refractivity contribution >= 4 is 39.1 Å². The lowest BCUT2D eigenvalue weighted by molar-refractivity contribution is 0.900. The summed E-state index contributed by atoms with van der Waals surface area (Å²) in [5.74, 6) is 1.09. The molecule has 0 bridgehead atoms. The molecule has 0 spiro atoms. The highest BCUT2D eigenvalue weighted by Gasteiger charge is 2.15. The maximum Gasteiger partial charge on any atom is 0.158 e. The number of aromatic nitrogens is 4. The van der Waals surface area contributed by atoms with Crippen LogP contribution in [0.2, 0.25) is 0 Å². The predicted molar refractivity (Wildman–Crippen MR) is 117 cm³/mol. The van der Waals surface area contributed by atoms with Gasteiger partial charge in [0.25, 0.3) is 0 Å². The fraction of sp³-hybridized carbons (Fsp3) is 0. The number of nitrogen functional groups attached to an aromatic ring is 1. The number of nitrogens with zero attached hydrogens (tertiary/aromatic N) is 3. The fourth-order valence-corrected chi connectivity index (χ4v) is 3.48. The third kappa shape index (κ3) is 2.76. The summed E-state index contributed by atoms with van der Waals surface area (Å²) < 4.78 is 1.44. The molecule has 0 saturated heterocycles. The van der Waals surface area contributed by atoms with Gasteiger partial charge in [0.15, 0.2) is 11.6 Å². The van der Waals surface area contributed by atoms with Crippen LogP contribution >= 0.6 is 0 Å². The van der Waals surface area contributed by atoms with E-state index in [-0.39, 0.29) is 11.5 Å². The van der Waals surface area contributed by atoms with Crippen molar-refractivity contribution in [2.75, 3.05) is 5.73 Å². The van der Waals surface area contributed by atoms with Crippen LogP contribution in [0.15, 0.2) is 72.8 Å². The highest BCUT2D eigenvalue weighted by Crippen LogP contribution is 2.29. The molecule has 0 amide bonds. The first-order valence-corrected chi connectivity index (χ1v) is 9.16. The molecule has 0 fully saturated rings. The van der Waals surface area contributed by atoms with Crippen LogP contribution in [0.1, 0.15) is 5.82 Å². The van der Waals surface area contributed by atoms with Gasteiger partial charge in [0.2, 0.25) is 0 Å². The Balaban J connectivity index is 1.61. The second-order valence-corrected chi connectivity index (χ2v) is 6.79. The second kappa shape index (κ2) is 6.42. The Labute approximate surface area is 166 Å². The van der Waals surface area contributed by atoms with Crippen molar-refractivity contribution in [3.63, 3.8) is 0 Å². The van der Waals surface area contributed by atoms with Gasteiger partial charge in [-0.2, -0.15) is 9.78 Å². The van der Waals surface area contributed by atoms with E-state index < -0.39 is 0 Å². The van der Waals surface area contributed by atoms with Crippen molar-refractivity contribution < 1.29 is 0 Å². The van der Waals surface area contributed by atoms with Gasteiger partial charge in [-0.05, 0) is 22.9 Å². The lowest BCUT2D eigenvalue weighted by Gasteiger charge is -2.07. The summed E-state index contributed by atoms with van der Waals surface area (Å²) in [6.45, 7) is 0. The first-order chi connectivity index (χ1) is 14.1. The van der Waals surface area contributed by atoms with Crippen molar-refractivity contribution in [1.29, 1.82) is 0 Å². The Bertz CT molecular complexity index is 1350. The lowest BCUT2D eigenvalue weighted by atomic mass is 10.0. The summed E-state index contributed by atoms with van der Waals surface area (Å²) in [7, 11) is 0. The van der Waals surface area contributed by atoms with Gasteiger partial charge in [-0.25, -0.2) is 4.98 Å². The van der Waals surface area contributed by atoms with E-state index in [1.807, 2.05) is 48.5 Å². The van der Waals surface area contributed by atoms with Crippen LogP contribution < -0.4 is 17.2 Å². The molecule has 0 saturated carbocycles. The summed E-state index contributed by atoms with van der Waals surface area (Å²) in [6.07, 6.45) is 0. The largest absolute Gasteiger partial charge is 0.393 e. The van der Waals surface area contributed by atoms with Crippen LogP contribution in [0.3, 0.4) is 0 Å². The van der Waals surface area contributed by atoms with Gasteiger partial charge < -0.3 is 22.2 Å². The molecular formula is C22H19N7. The minimum absolute atomic E-state index is 0.216. The zero-order valence-electron chi connectivity index (χ0n) is 15.5. The first-order valence-electron chi connectivity index (χ1n) is 9.16.